The summed E-state index contributed by atoms with van der Waals surface area (Å²) in [6.45, 7) is 9.07. The predicted octanol–water partition coefficient (Wildman–Crippen LogP) is 5.28. The van der Waals surface area contributed by atoms with Crippen molar-refractivity contribution in [1.29, 1.82) is 0 Å². The van der Waals surface area contributed by atoms with E-state index < -0.39 is 0 Å². The number of hydrogen-bond acceptors (Lipinski definition) is 4. The first-order valence-corrected chi connectivity index (χ1v) is 10.7. The van der Waals surface area contributed by atoms with Crippen molar-refractivity contribution in [3.05, 3.63) is 71.9 Å². The molecule has 6 heteroatoms. The van der Waals surface area contributed by atoms with E-state index in [2.05, 4.69) is 43.2 Å². The molecule has 0 saturated heterocycles. The minimum Gasteiger partial charge on any atom is -0.435 e. The van der Waals surface area contributed by atoms with Crippen LogP contribution < -0.4 is 5.32 Å². The van der Waals surface area contributed by atoms with Crippen LogP contribution >= 0.6 is 0 Å². The number of rotatable bonds is 4. The number of anilines is 1. The summed E-state index contributed by atoms with van der Waals surface area (Å²) < 4.78 is 6.15. The lowest BCUT2D eigenvalue weighted by molar-refractivity contribution is -0.114. The molecule has 0 radical (unpaired) electrons. The highest BCUT2D eigenvalue weighted by atomic mass is 16.4. The van der Waals surface area contributed by atoms with E-state index in [1.54, 1.807) is 17.0 Å². The first-order chi connectivity index (χ1) is 15.2. The number of aromatic nitrogens is 1. The number of nitrogens with zero attached hydrogens (tertiary/aromatic N) is 2. The molecule has 0 atom stereocenters. The standard InChI is InChI=1S/C26H27N3O3/c1-17(30)27-21-13-9-18(10-14-21)23-22(25(31)29-15-5-6-16-29)28-24(32-23)19-7-11-20(12-8-19)26(2,3)4/h5-14H,15-16H2,1-4H3,(H,27,30). The van der Waals surface area contributed by atoms with Gasteiger partial charge < -0.3 is 14.6 Å². The predicted molar refractivity (Wildman–Crippen MR) is 125 cm³/mol. The van der Waals surface area contributed by atoms with E-state index >= 15 is 0 Å². The summed E-state index contributed by atoms with van der Waals surface area (Å²) in [5.74, 6) is 0.515. The van der Waals surface area contributed by atoms with Gasteiger partial charge in [-0.1, -0.05) is 45.1 Å². The Bertz CT molecular complexity index is 1160. The molecular weight excluding hydrogens is 402 g/mol. The van der Waals surface area contributed by atoms with Gasteiger partial charge in [-0.25, -0.2) is 4.98 Å². The van der Waals surface area contributed by atoms with Crippen LogP contribution in [0.5, 0.6) is 0 Å². The first-order valence-electron chi connectivity index (χ1n) is 10.7. The third-order valence-electron chi connectivity index (χ3n) is 5.40. The fraction of sp³-hybridized carbons (Fsp3) is 0.269. The van der Waals surface area contributed by atoms with Gasteiger partial charge in [0.05, 0.1) is 0 Å². The summed E-state index contributed by atoms with van der Waals surface area (Å²) >= 11 is 0. The van der Waals surface area contributed by atoms with Crippen molar-refractivity contribution in [2.45, 2.75) is 33.1 Å². The molecule has 1 aromatic heterocycles. The Morgan fingerprint density at radius 2 is 1.53 bits per heavy atom. The maximum atomic E-state index is 13.2. The molecule has 3 aromatic rings. The molecule has 164 valence electrons. The molecule has 0 unspecified atom stereocenters. The Hall–Kier alpha value is -3.67. The normalized spacial score (nSPS) is 13.4. The fourth-order valence-electron chi connectivity index (χ4n) is 3.60. The number of carbonyl (C=O) groups is 2. The van der Waals surface area contributed by atoms with E-state index in [9.17, 15) is 9.59 Å². The van der Waals surface area contributed by atoms with Crippen LogP contribution in [0.15, 0.2) is 65.1 Å². The number of carbonyl (C=O) groups excluding carboxylic acids is 2. The van der Waals surface area contributed by atoms with E-state index in [0.29, 0.717) is 30.4 Å². The largest absolute Gasteiger partial charge is 0.435 e. The van der Waals surface area contributed by atoms with E-state index in [1.165, 1.54) is 12.5 Å². The lowest BCUT2D eigenvalue weighted by Gasteiger charge is -2.18. The summed E-state index contributed by atoms with van der Waals surface area (Å²) in [5.41, 5.74) is 3.75. The summed E-state index contributed by atoms with van der Waals surface area (Å²) in [7, 11) is 0. The summed E-state index contributed by atoms with van der Waals surface area (Å²) in [6, 6.07) is 15.3. The van der Waals surface area contributed by atoms with Crippen LogP contribution in [0.1, 0.15) is 43.7 Å². The smallest absolute Gasteiger partial charge is 0.277 e. The van der Waals surface area contributed by atoms with Gasteiger partial charge in [0.15, 0.2) is 11.5 Å². The van der Waals surface area contributed by atoms with Crippen molar-refractivity contribution >= 4 is 17.5 Å². The highest BCUT2D eigenvalue weighted by Crippen LogP contribution is 2.33. The van der Waals surface area contributed by atoms with E-state index in [1.807, 2.05) is 36.4 Å². The molecule has 0 spiro atoms. The molecule has 1 aliphatic heterocycles. The monoisotopic (exact) mass is 429 g/mol. The van der Waals surface area contributed by atoms with Crippen molar-refractivity contribution in [2.75, 3.05) is 18.4 Å². The van der Waals surface area contributed by atoms with Crippen molar-refractivity contribution in [3.8, 4) is 22.8 Å². The van der Waals surface area contributed by atoms with Gasteiger partial charge >= 0.3 is 0 Å². The molecule has 0 bridgehead atoms. The molecule has 2 heterocycles. The minimum absolute atomic E-state index is 0.0415. The maximum absolute atomic E-state index is 13.2. The zero-order valence-corrected chi connectivity index (χ0v) is 18.8. The Labute approximate surface area is 188 Å². The Morgan fingerprint density at radius 1 is 0.938 bits per heavy atom. The lowest BCUT2D eigenvalue weighted by atomic mass is 9.87. The second-order valence-electron chi connectivity index (χ2n) is 8.96. The van der Waals surface area contributed by atoms with Gasteiger partial charge in [-0.3, -0.25) is 9.59 Å². The van der Waals surface area contributed by atoms with Crippen LogP contribution in [0.4, 0.5) is 5.69 Å². The number of oxazole rings is 1. The fourth-order valence-corrected chi connectivity index (χ4v) is 3.60. The molecule has 2 aromatic carbocycles. The second kappa shape index (κ2) is 8.46. The summed E-state index contributed by atoms with van der Waals surface area (Å²) in [4.78, 5) is 30.8. The van der Waals surface area contributed by atoms with Crippen LogP contribution in [0.25, 0.3) is 22.8 Å². The summed E-state index contributed by atoms with van der Waals surface area (Å²) in [6.07, 6.45) is 3.93. The third kappa shape index (κ3) is 4.49. The van der Waals surface area contributed by atoms with Gasteiger partial charge in [0, 0.05) is 36.8 Å². The average Bonchev–Trinajstić information content (AvgIpc) is 3.43. The number of amides is 2. The van der Waals surface area contributed by atoms with Crippen molar-refractivity contribution in [1.82, 2.24) is 9.88 Å². The van der Waals surface area contributed by atoms with Crippen LogP contribution in [0.3, 0.4) is 0 Å². The molecule has 0 fully saturated rings. The number of benzene rings is 2. The Morgan fingerprint density at radius 3 is 2.09 bits per heavy atom. The number of nitrogens with one attached hydrogen (secondary N) is 1. The van der Waals surface area contributed by atoms with Crippen molar-refractivity contribution < 1.29 is 14.0 Å². The Balaban J connectivity index is 1.73. The van der Waals surface area contributed by atoms with Crippen LogP contribution in [0.2, 0.25) is 0 Å². The SMILES string of the molecule is CC(=O)Nc1ccc(-c2oc(-c3ccc(C(C)(C)C)cc3)nc2C(=O)N2CC=CC2)cc1. The average molecular weight is 430 g/mol. The third-order valence-corrected chi connectivity index (χ3v) is 5.40. The lowest BCUT2D eigenvalue weighted by Crippen LogP contribution is -2.28. The molecule has 6 nitrogen and oxygen atoms in total. The van der Waals surface area contributed by atoms with Gasteiger partial charge in [0.2, 0.25) is 11.8 Å². The molecular formula is C26H27N3O3. The molecule has 4 rings (SSSR count). The highest BCUT2D eigenvalue weighted by molar-refractivity contribution is 5.99. The second-order valence-corrected chi connectivity index (χ2v) is 8.96. The molecule has 0 aliphatic carbocycles. The zero-order valence-electron chi connectivity index (χ0n) is 18.8. The van der Waals surface area contributed by atoms with Crippen molar-refractivity contribution in [2.24, 2.45) is 0 Å². The van der Waals surface area contributed by atoms with E-state index in [4.69, 9.17) is 4.42 Å². The van der Waals surface area contributed by atoms with Crippen molar-refractivity contribution in [3.63, 3.8) is 0 Å². The minimum atomic E-state index is -0.169. The molecule has 1 N–H and O–H groups in total. The van der Waals surface area contributed by atoms with E-state index in [0.717, 1.165) is 11.1 Å². The van der Waals surface area contributed by atoms with Gasteiger partial charge in [0.25, 0.3) is 5.91 Å². The molecule has 0 saturated carbocycles. The van der Waals surface area contributed by atoms with Crippen LogP contribution in [0, 0.1) is 0 Å². The maximum Gasteiger partial charge on any atom is 0.277 e. The molecule has 1 aliphatic rings. The van der Waals surface area contributed by atoms with Gasteiger partial charge in [-0.15, -0.1) is 0 Å². The van der Waals surface area contributed by atoms with Gasteiger partial charge in [0.1, 0.15) is 0 Å². The van der Waals surface area contributed by atoms with Gasteiger partial charge in [-0.05, 0) is 47.4 Å². The van der Waals surface area contributed by atoms with E-state index in [-0.39, 0.29) is 22.9 Å². The zero-order chi connectivity index (χ0) is 22.9. The molecule has 2 amide bonds. The highest BCUT2D eigenvalue weighted by Gasteiger charge is 2.27. The summed E-state index contributed by atoms with van der Waals surface area (Å²) in [5, 5.41) is 2.75. The van der Waals surface area contributed by atoms with Gasteiger partial charge in [-0.2, -0.15) is 0 Å². The topological polar surface area (TPSA) is 75.4 Å². The number of hydrogen-bond donors (Lipinski definition) is 1. The first kappa shape index (κ1) is 21.6. The Kier molecular flexibility index (Phi) is 5.70. The quantitative estimate of drug-likeness (QED) is 0.573. The molecule has 32 heavy (non-hydrogen) atoms. The van der Waals surface area contributed by atoms with Crippen LogP contribution in [-0.2, 0) is 10.2 Å². The van der Waals surface area contributed by atoms with Crippen LogP contribution in [-0.4, -0.2) is 34.8 Å².